The predicted molar refractivity (Wildman–Crippen MR) is 78.9 cm³/mol. The molecule has 2 rings (SSSR count). The first-order valence-corrected chi connectivity index (χ1v) is 8.80. The minimum atomic E-state index is -2.87. The SMILES string of the molecule is CCCN(Cc1ccccc1C#N)[C@@H]1CCS(=O)(=O)C1. The molecule has 0 spiro atoms. The summed E-state index contributed by atoms with van der Waals surface area (Å²) in [5.41, 5.74) is 1.65. The van der Waals surface area contributed by atoms with Crippen molar-refractivity contribution >= 4 is 9.84 Å². The Morgan fingerprint density at radius 2 is 2.15 bits per heavy atom. The van der Waals surface area contributed by atoms with Crippen molar-refractivity contribution in [3.63, 3.8) is 0 Å². The van der Waals surface area contributed by atoms with E-state index in [1.165, 1.54) is 0 Å². The largest absolute Gasteiger partial charge is 0.295 e. The number of rotatable bonds is 5. The molecule has 1 fully saturated rings. The van der Waals surface area contributed by atoms with Crippen LogP contribution in [0.1, 0.15) is 30.9 Å². The van der Waals surface area contributed by atoms with Crippen LogP contribution in [-0.4, -0.2) is 37.4 Å². The van der Waals surface area contributed by atoms with Gasteiger partial charge < -0.3 is 0 Å². The van der Waals surface area contributed by atoms with Crippen molar-refractivity contribution in [1.82, 2.24) is 4.90 Å². The molecule has 5 heteroatoms. The van der Waals surface area contributed by atoms with Crippen molar-refractivity contribution in [3.05, 3.63) is 35.4 Å². The van der Waals surface area contributed by atoms with Crippen molar-refractivity contribution in [2.24, 2.45) is 0 Å². The topological polar surface area (TPSA) is 61.2 Å². The molecule has 0 amide bonds. The first-order valence-electron chi connectivity index (χ1n) is 6.98. The van der Waals surface area contributed by atoms with Crippen molar-refractivity contribution in [3.8, 4) is 6.07 Å². The lowest BCUT2D eigenvalue weighted by atomic mass is 10.1. The molecule has 1 aromatic rings. The fourth-order valence-corrected chi connectivity index (χ4v) is 4.49. The van der Waals surface area contributed by atoms with Gasteiger partial charge in [-0.25, -0.2) is 8.42 Å². The highest BCUT2D eigenvalue weighted by Crippen LogP contribution is 2.21. The molecule has 0 saturated carbocycles. The quantitative estimate of drug-likeness (QED) is 0.832. The molecule has 4 nitrogen and oxygen atoms in total. The maximum absolute atomic E-state index is 11.6. The smallest absolute Gasteiger partial charge is 0.151 e. The number of nitriles is 1. The zero-order valence-electron chi connectivity index (χ0n) is 11.7. The molecule has 1 aromatic carbocycles. The van der Waals surface area contributed by atoms with Gasteiger partial charge in [0.15, 0.2) is 9.84 Å². The maximum atomic E-state index is 11.6. The van der Waals surface area contributed by atoms with Gasteiger partial charge in [-0.05, 0) is 31.0 Å². The van der Waals surface area contributed by atoms with Gasteiger partial charge in [0, 0.05) is 12.6 Å². The van der Waals surface area contributed by atoms with Gasteiger partial charge in [-0.2, -0.15) is 5.26 Å². The second-order valence-electron chi connectivity index (χ2n) is 5.30. The van der Waals surface area contributed by atoms with Crippen LogP contribution in [0.5, 0.6) is 0 Å². The third-order valence-corrected chi connectivity index (χ3v) is 5.50. The molecule has 0 aromatic heterocycles. The monoisotopic (exact) mass is 292 g/mol. The summed E-state index contributed by atoms with van der Waals surface area (Å²) in [6.07, 6.45) is 1.68. The van der Waals surface area contributed by atoms with Crippen LogP contribution in [0, 0.1) is 11.3 Å². The summed E-state index contributed by atoms with van der Waals surface area (Å²) in [6, 6.07) is 9.83. The van der Waals surface area contributed by atoms with E-state index < -0.39 is 9.84 Å². The normalized spacial score (nSPS) is 20.9. The van der Waals surface area contributed by atoms with E-state index in [9.17, 15) is 8.42 Å². The minimum Gasteiger partial charge on any atom is -0.295 e. The standard InChI is InChI=1S/C15H20N2O2S/c1-2-8-17(15-7-9-20(18,19)12-15)11-14-6-4-3-5-13(14)10-16/h3-6,15H,2,7-9,11-12H2,1H3/t15-/m1/s1. The second kappa shape index (κ2) is 6.38. The predicted octanol–water partition coefficient (Wildman–Crippen LogP) is 1.96. The molecule has 108 valence electrons. The van der Waals surface area contributed by atoms with Gasteiger partial charge in [0.1, 0.15) is 0 Å². The first kappa shape index (κ1) is 15.0. The van der Waals surface area contributed by atoms with Crippen LogP contribution in [0.15, 0.2) is 24.3 Å². The van der Waals surface area contributed by atoms with E-state index in [1.54, 1.807) is 0 Å². The highest BCUT2D eigenvalue weighted by Gasteiger charge is 2.32. The van der Waals surface area contributed by atoms with Crippen LogP contribution in [0.4, 0.5) is 0 Å². The molecular weight excluding hydrogens is 272 g/mol. The molecule has 1 heterocycles. The van der Waals surface area contributed by atoms with Crippen LogP contribution >= 0.6 is 0 Å². The second-order valence-corrected chi connectivity index (χ2v) is 7.53. The molecule has 1 aliphatic heterocycles. The highest BCUT2D eigenvalue weighted by molar-refractivity contribution is 7.91. The molecule has 1 aliphatic rings. The van der Waals surface area contributed by atoms with Crippen LogP contribution in [0.3, 0.4) is 0 Å². The van der Waals surface area contributed by atoms with Crippen LogP contribution < -0.4 is 0 Å². The summed E-state index contributed by atoms with van der Waals surface area (Å²) in [5.74, 6) is 0.541. The highest BCUT2D eigenvalue weighted by atomic mass is 32.2. The van der Waals surface area contributed by atoms with Gasteiger partial charge >= 0.3 is 0 Å². The number of hydrogen-bond acceptors (Lipinski definition) is 4. The number of nitrogens with zero attached hydrogens (tertiary/aromatic N) is 2. The van der Waals surface area contributed by atoms with Gasteiger partial charge in [0.05, 0.1) is 23.1 Å². The third kappa shape index (κ3) is 3.59. The van der Waals surface area contributed by atoms with Gasteiger partial charge in [-0.15, -0.1) is 0 Å². The van der Waals surface area contributed by atoms with E-state index in [2.05, 4.69) is 17.9 Å². The van der Waals surface area contributed by atoms with Gasteiger partial charge in [0.25, 0.3) is 0 Å². The molecule has 0 N–H and O–H groups in total. The Morgan fingerprint density at radius 1 is 1.40 bits per heavy atom. The summed E-state index contributed by atoms with van der Waals surface area (Å²) in [7, 11) is -2.87. The Morgan fingerprint density at radius 3 is 2.75 bits per heavy atom. The average molecular weight is 292 g/mol. The van der Waals surface area contributed by atoms with Crippen LogP contribution in [0.2, 0.25) is 0 Å². The zero-order chi connectivity index (χ0) is 14.6. The van der Waals surface area contributed by atoms with E-state index in [1.807, 2.05) is 24.3 Å². The summed E-state index contributed by atoms with van der Waals surface area (Å²) in [6.45, 7) is 3.60. The fourth-order valence-electron chi connectivity index (χ4n) is 2.73. The molecule has 0 unspecified atom stereocenters. The summed E-state index contributed by atoms with van der Waals surface area (Å²) >= 11 is 0. The first-order chi connectivity index (χ1) is 9.55. The average Bonchev–Trinajstić information content (AvgIpc) is 2.79. The van der Waals surface area contributed by atoms with Crippen LogP contribution in [-0.2, 0) is 16.4 Å². The Hall–Kier alpha value is -1.38. The molecule has 0 radical (unpaired) electrons. The number of benzene rings is 1. The van der Waals surface area contributed by atoms with E-state index >= 15 is 0 Å². The van der Waals surface area contributed by atoms with Crippen molar-refractivity contribution in [2.75, 3.05) is 18.1 Å². The van der Waals surface area contributed by atoms with E-state index in [-0.39, 0.29) is 17.5 Å². The summed E-state index contributed by atoms with van der Waals surface area (Å²) in [4.78, 5) is 2.21. The van der Waals surface area contributed by atoms with Gasteiger partial charge in [-0.1, -0.05) is 25.1 Å². The number of sulfone groups is 1. The third-order valence-electron chi connectivity index (χ3n) is 3.75. The fraction of sp³-hybridized carbons (Fsp3) is 0.533. The van der Waals surface area contributed by atoms with Crippen molar-refractivity contribution in [2.45, 2.75) is 32.4 Å². The van der Waals surface area contributed by atoms with Gasteiger partial charge in [0.2, 0.25) is 0 Å². The summed E-state index contributed by atoms with van der Waals surface area (Å²) < 4.78 is 23.3. The molecule has 0 aliphatic carbocycles. The Bertz CT molecular complexity index is 605. The number of hydrogen-bond donors (Lipinski definition) is 0. The van der Waals surface area contributed by atoms with Crippen molar-refractivity contribution < 1.29 is 8.42 Å². The molecule has 1 saturated heterocycles. The van der Waals surface area contributed by atoms with E-state index in [0.717, 1.165) is 18.5 Å². The molecule has 1 atom stereocenters. The lowest BCUT2D eigenvalue weighted by Gasteiger charge is -2.28. The van der Waals surface area contributed by atoms with E-state index in [4.69, 9.17) is 5.26 Å². The molecular formula is C15H20N2O2S. The zero-order valence-corrected chi connectivity index (χ0v) is 12.6. The van der Waals surface area contributed by atoms with Crippen LogP contribution in [0.25, 0.3) is 0 Å². The Balaban J connectivity index is 2.16. The summed E-state index contributed by atoms with van der Waals surface area (Å²) in [5, 5.41) is 9.15. The molecule has 0 bridgehead atoms. The lowest BCUT2D eigenvalue weighted by molar-refractivity contribution is 0.203. The lowest BCUT2D eigenvalue weighted by Crippen LogP contribution is -2.36. The minimum absolute atomic E-state index is 0.0895. The molecule has 20 heavy (non-hydrogen) atoms. The van der Waals surface area contributed by atoms with Crippen molar-refractivity contribution in [1.29, 1.82) is 5.26 Å². The van der Waals surface area contributed by atoms with Gasteiger partial charge in [-0.3, -0.25) is 4.90 Å². The Kier molecular flexibility index (Phi) is 4.79. The Labute approximate surface area is 120 Å². The van der Waals surface area contributed by atoms with E-state index in [0.29, 0.717) is 18.5 Å². The maximum Gasteiger partial charge on any atom is 0.151 e.